The fourth-order valence-electron chi connectivity index (χ4n) is 2.59. The van der Waals surface area contributed by atoms with E-state index in [2.05, 4.69) is 5.32 Å². The highest BCUT2D eigenvalue weighted by molar-refractivity contribution is 6.42. The van der Waals surface area contributed by atoms with Gasteiger partial charge in [-0.2, -0.15) is 5.26 Å². The Morgan fingerprint density at radius 3 is 2.45 bits per heavy atom. The van der Waals surface area contributed by atoms with Crippen molar-refractivity contribution in [3.05, 3.63) is 98.2 Å². The maximum atomic E-state index is 13.0. The van der Waals surface area contributed by atoms with Crippen LogP contribution in [0.4, 0.5) is 10.1 Å². The molecule has 0 unspecified atom stereocenters. The van der Waals surface area contributed by atoms with E-state index < -0.39 is 11.7 Å². The lowest BCUT2D eigenvalue weighted by Crippen LogP contribution is -2.13. The molecule has 0 radical (unpaired) electrons. The molecule has 0 aliphatic heterocycles. The third-order valence-corrected chi connectivity index (χ3v) is 5.09. The number of halogens is 4. The molecule has 0 aromatic heterocycles. The minimum Gasteiger partial charge on any atom is -0.488 e. The summed E-state index contributed by atoms with van der Waals surface area (Å²) < 4.78 is 18.9. The van der Waals surface area contributed by atoms with Crippen molar-refractivity contribution in [2.24, 2.45) is 0 Å². The van der Waals surface area contributed by atoms with E-state index in [-0.39, 0.29) is 12.2 Å². The van der Waals surface area contributed by atoms with Crippen molar-refractivity contribution in [3.63, 3.8) is 0 Å². The van der Waals surface area contributed by atoms with Crippen LogP contribution in [0.2, 0.25) is 15.1 Å². The van der Waals surface area contributed by atoms with Crippen LogP contribution in [0.1, 0.15) is 11.1 Å². The second-order valence-corrected chi connectivity index (χ2v) is 7.60. The SMILES string of the molecule is N#C/C(=C\c1cc(Cl)ccc1OCc1ccc(Cl)c(Cl)c1)C(=O)Nc1ccc(F)cc1. The van der Waals surface area contributed by atoms with Gasteiger partial charge in [0.2, 0.25) is 0 Å². The number of benzene rings is 3. The Bertz CT molecular complexity index is 1190. The number of nitriles is 1. The molecule has 0 spiro atoms. The summed E-state index contributed by atoms with van der Waals surface area (Å²) in [6.45, 7) is 0.184. The number of nitrogens with zero attached hydrogens (tertiary/aromatic N) is 1. The van der Waals surface area contributed by atoms with Crippen molar-refractivity contribution < 1.29 is 13.9 Å². The molecule has 0 heterocycles. The monoisotopic (exact) mass is 474 g/mol. The summed E-state index contributed by atoms with van der Waals surface area (Å²) in [7, 11) is 0. The molecule has 3 aromatic carbocycles. The van der Waals surface area contributed by atoms with Crippen LogP contribution in [0.15, 0.2) is 66.2 Å². The summed E-state index contributed by atoms with van der Waals surface area (Å²) >= 11 is 18.0. The number of rotatable bonds is 6. The molecule has 0 bridgehead atoms. The number of amides is 1. The molecule has 8 heteroatoms. The maximum absolute atomic E-state index is 13.0. The molecule has 0 saturated carbocycles. The zero-order valence-electron chi connectivity index (χ0n) is 15.8. The molecule has 0 atom stereocenters. The molecule has 1 N–H and O–H groups in total. The van der Waals surface area contributed by atoms with E-state index in [1.54, 1.807) is 36.4 Å². The van der Waals surface area contributed by atoms with Gasteiger partial charge in [-0.15, -0.1) is 0 Å². The fourth-order valence-corrected chi connectivity index (χ4v) is 3.09. The van der Waals surface area contributed by atoms with E-state index in [1.807, 2.05) is 6.07 Å². The van der Waals surface area contributed by atoms with Crippen molar-refractivity contribution in [1.82, 2.24) is 0 Å². The highest BCUT2D eigenvalue weighted by atomic mass is 35.5. The molecule has 0 aliphatic carbocycles. The average molecular weight is 476 g/mol. The smallest absolute Gasteiger partial charge is 0.266 e. The number of hydrogen-bond donors (Lipinski definition) is 1. The summed E-state index contributed by atoms with van der Waals surface area (Å²) in [5.74, 6) is -0.668. The first-order valence-electron chi connectivity index (χ1n) is 8.90. The molecular formula is C23H14Cl3FN2O2. The Hall–Kier alpha value is -3.04. The Morgan fingerprint density at radius 2 is 1.77 bits per heavy atom. The normalized spacial score (nSPS) is 11.0. The highest BCUT2D eigenvalue weighted by Crippen LogP contribution is 2.28. The predicted molar refractivity (Wildman–Crippen MR) is 121 cm³/mol. The Morgan fingerprint density at radius 1 is 1.03 bits per heavy atom. The van der Waals surface area contributed by atoms with E-state index in [0.29, 0.717) is 32.1 Å². The van der Waals surface area contributed by atoms with E-state index in [1.165, 1.54) is 30.3 Å². The maximum Gasteiger partial charge on any atom is 0.266 e. The van der Waals surface area contributed by atoms with E-state index in [4.69, 9.17) is 39.5 Å². The summed E-state index contributed by atoms with van der Waals surface area (Å²) in [6, 6.07) is 17.0. The van der Waals surface area contributed by atoms with Gasteiger partial charge in [-0.25, -0.2) is 4.39 Å². The van der Waals surface area contributed by atoms with Gasteiger partial charge in [-0.1, -0.05) is 40.9 Å². The van der Waals surface area contributed by atoms with Crippen molar-refractivity contribution >= 4 is 52.5 Å². The number of anilines is 1. The van der Waals surface area contributed by atoms with E-state index >= 15 is 0 Å². The Labute approximate surface area is 193 Å². The van der Waals surface area contributed by atoms with Gasteiger partial charge in [0.1, 0.15) is 29.8 Å². The predicted octanol–water partition coefficient (Wildman–Crippen LogP) is 6.91. The second-order valence-electron chi connectivity index (χ2n) is 6.35. The Kier molecular flexibility index (Phi) is 7.54. The first-order valence-corrected chi connectivity index (χ1v) is 10.0. The third-order valence-electron chi connectivity index (χ3n) is 4.12. The van der Waals surface area contributed by atoms with Gasteiger partial charge in [0.25, 0.3) is 5.91 Å². The molecule has 0 aliphatic rings. The first-order chi connectivity index (χ1) is 14.9. The standard InChI is InChI=1S/C23H14Cl3FN2O2/c24-17-2-8-22(31-13-14-1-7-20(25)21(26)9-14)15(11-17)10-16(12-28)23(30)29-19-5-3-18(27)4-6-19/h1-11H,13H2,(H,29,30)/b16-10+. The average Bonchev–Trinajstić information content (AvgIpc) is 2.75. The minimum absolute atomic E-state index is 0.175. The first kappa shape index (κ1) is 22.6. The van der Waals surface area contributed by atoms with Crippen molar-refractivity contribution in [1.29, 1.82) is 5.26 Å². The largest absolute Gasteiger partial charge is 0.488 e. The highest BCUT2D eigenvalue weighted by Gasteiger charge is 2.12. The zero-order valence-corrected chi connectivity index (χ0v) is 18.1. The molecule has 4 nitrogen and oxygen atoms in total. The molecule has 3 rings (SSSR count). The van der Waals surface area contributed by atoms with Gasteiger partial charge in [0, 0.05) is 16.3 Å². The van der Waals surface area contributed by atoms with Crippen LogP contribution in [0.25, 0.3) is 6.08 Å². The molecule has 0 saturated heterocycles. The van der Waals surface area contributed by atoms with Gasteiger partial charge in [0.15, 0.2) is 0 Å². The van der Waals surface area contributed by atoms with Crippen molar-refractivity contribution in [3.8, 4) is 11.8 Å². The quantitative estimate of drug-likeness (QED) is 0.311. The summed E-state index contributed by atoms with van der Waals surface area (Å²) in [5.41, 5.74) is 1.41. The van der Waals surface area contributed by atoms with Crippen molar-refractivity contribution in [2.45, 2.75) is 6.61 Å². The molecule has 3 aromatic rings. The van der Waals surface area contributed by atoms with Crippen LogP contribution >= 0.6 is 34.8 Å². The number of nitrogens with one attached hydrogen (secondary N) is 1. The van der Waals surface area contributed by atoms with Crippen LogP contribution in [0.3, 0.4) is 0 Å². The Balaban J connectivity index is 1.82. The van der Waals surface area contributed by atoms with Crippen LogP contribution in [-0.4, -0.2) is 5.91 Å². The number of carbonyl (C=O) groups excluding carboxylic acids is 1. The van der Waals surface area contributed by atoms with Crippen molar-refractivity contribution in [2.75, 3.05) is 5.32 Å². The number of hydrogen-bond acceptors (Lipinski definition) is 3. The van der Waals surface area contributed by atoms with Gasteiger partial charge in [-0.3, -0.25) is 4.79 Å². The zero-order chi connectivity index (χ0) is 22.4. The summed E-state index contributed by atoms with van der Waals surface area (Å²) in [4.78, 5) is 12.5. The summed E-state index contributed by atoms with van der Waals surface area (Å²) in [6.07, 6.45) is 1.37. The molecular weight excluding hydrogens is 462 g/mol. The van der Waals surface area contributed by atoms with Crippen LogP contribution in [0, 0.1) is 17.1 Å². The van der Waals surface area contributed by atoms with Gasteiger partial charge in [-0.05, 0) is 66.2 Å². The van der Waals surface area contributed by atoms with Gasteiger partial charge < -0.3 is 10.1 Å². The molecule has 31 heavy (non-hydrogen) atoms. The third kappa shape index (κ3) is 6.22. The number of ether oxygens (including phenoxy) is 1. The minimum atomic E-state index is -0.649. The topological polar surface area (TPSA) is 62.1 Å². The molecule has 0 fully saturated rings. The molecule has 1 amide bonds. The number of carbonyl (C=O) groups is 1. The lowest BCUT2D eigenvalue weighted by atomic mass is 10.1. The summed E-state index contributed by atoms with van der Waals surface area (Å²) in [5, 5.41) is 13.3. The fraction of sp³-hybridized carbons (Fsp3) is 0.0435. The van der Waals surface area contributed by atoms with Gasteiger partial charge in [0.05, 0.1) is 10.0 Å². The van der Waals surface area contributed by atoms with Crippen LogP contribution in [0.5, 0.6) is 5.75 Å². The lowest BCUT2D eigenvalue weighted by molar-refractivity contribution is -0.112. The van der Waals surface area contributed by atoms with Crippen LogP contribution < -0.4 is 10.1 Å². The lowest BCUT2D eigenvalue weighted by Gasteiger charge is -2.11. The second kappa shape index (κ2) is 10.3. The van der Waals surface area contributed by atoms with Gasteiger partial charge >= 0.3 is 0 Å². The van der Waals surface area contributed by atoms with E-state index in [9.17, 15) is 14.4 Å². The van der Waals surface area contributed by atoms with Crippen LogP contribution in [-0.2, 0) is 11.4 Å². The van der Waals surface area contributed by atoms with E-state index in [0.717, 1.165) is 5.56 Å². The molecule has 156 valence electrons.